The molecule has 0 saturated carbocycles. The first-order valence-corrected chi connectivity index (χ1v) is 5.17. The third kappa shape index (κ3) is 1.77. The van der Waals surface area contributed by atoms with E-state index in [0.717, 1.165) is 23.6 Å². The first-order chi connectivity index (χ1) is 6.16. The fourth-order valence-electron chi connectivity index (χ4n) is 1.68. The van der Waals surface area contributed by atoms with Gasteiger partial charge >= 0.3 is 0 Å². The normalized spacial score (nSPS) is 20.7. The van der Waals surface area contributed by atoms with Gasteiger partial charge in [-0.15, -0.1) is 0 Å². The molecule has 2 rings (SSSR count). The first kappa shape index (κ1) is 9.17. The van der Waals surface area contributed by atoms with Crippen molar-refractivity contribution < 1.29 is 0 Å². The summed E-state index contributed by atoms with van der Waals surface area (Å²) in [6.45, 7) is 2.16. The van der Waals surface area contributed by atoms with Crippen molar-refractivity contribution >= 4 is 28.9 Å². The van der Waals surface area contributed by atoms with Crippen LogP contribution in [0.5, 0.6) is 0 Å². The average Bonchev–Trinajstić information content (AvgIpc) is 2.02. The Labute approximate surface area is 88.0 Å². The van der Waals surface area contributed by atoms with E-state index < -0.39 is 0 Å². The molecule has 13 heavy (non-hydrogen) atoms. The van der Waals surface area contributed by atoms with Crippen LogP contribution in [0, 0.1) is 0 Å². The van der Waals surface area contributed by atoms with Crippen molar-refractivity contribution in [2.24, 2.45) is 0 Å². The SMILES string of the molecule is C[C@H]1CCc2c(Cl)cc(Cl)cc2N1. The summed E-state index contributed by atoms with van der Waals surface area (Å²) >= 11 is 12.0. The zero-order chi connectivity index (χ0) is 9.42. The molecule has 0 radical (unpaired) electrons. The molecule has 0 unspecified atom stereocenters. The van der Waals surface area contributed by atoms with Gasteiger partial charge in [-0.25, -0.2) is 0 Å². The zero-order valence-electron chi connectivity index (χ0n) is 7.40. The Morgan fingerprint density at radius 1 is 1.38 bits per heavy atom. The molecule has 0 spiro atoms. The summed E-state index contributed by atoms with van der Waals surface area (Å²) in [5.41, 5.74) is 2.29. The van der Waals surface area contributed by atoms with Gasteiger partial charge in [-0.1, -0.05) is 23.2 Å². The second-order valence-corrected chi connectivity index (χ2v) is 4.34. The van der Waals surface area contributed by atoms with Gasteiger partial charge in [0.05, 0.1) is 0 Å². The largest absolute Gasteiger partial charge is 0.382 e. The van der Waals surface area contributed by atoms with E-state index in [-0.39, 0.29) is 0 Å². The quantitative estimate of drug-likeness (QED) is 0.696. The number of rotatable bonds is 0. The lowest BCUT2D eigenvalue weighted by Gasteiger charge is -2.25. The zero-order valence-corrected chi connectivity index (χ0v) is 8.91. The summed E-state index contributed by atoms with van der Waals surface area (Å²) in [6, 6.07) is 4.26. The molecule has 1 aromatic carbocycles. The lowest BCUT2D eigenvalue weighted by molar-refractivity contribution is 0.681. The van der Waals surface area contributed by atoms with Crippen LogP contribution >= 0.6 is 23.2 Å². The van der Waals surface area contributed by atoms with Crippen LogP contribution < -0.4 is 5.32 Å². The molecule has 3 heteroatoms. The van der Waals surface area contributed by atoms with E-state index in [0.29, 0.717) is 11.1 Å². The Morgan fingerprint density at radius 3 is 2.92 bits per heavy atom. The highest BCUT2D eigenvalue weighted by Crippen LogP contribution is 2.33. The van der Waals surface area contributed by atoms with Crippen LogP contribution in [0.1, 0.15) is 18.9 Å². The molecule has 0 fully saturated rings. The topological polar surface area (TPSA) is 12.0 Å². The van der Waals surface area contributed by atoms with Gasteiger partial charge < -0.3 is 5.32 Å². The summed E-state index contributed by atoms with van der Waals surface area (Å²) < 4.78 is 0. The minimum Gasteiger partial charge on any atom is -0.382 e. The van der Waals surface area contributed by atoms with E-state index in [1.807, 2.05) is 6.07 Å². The second-order valence-electron chi connectivity index (χ2n) is 3.50. The summed E-state index contributed by atoms with van der Waals surface area (Å²) in [7, 11) is 0. The van der Waals surface area contributed by atoms with Crippen LogP contribution in [-0.2, 0) is 6.42 Å². The molecule has 70 valence electrons. The highest BCUT2D eigenvalue weighted by Gasteiger charge is 2.16. The Kier molecular flexibility index (Phi) is 2.39. The molecule has 0 saturated heterocycles. The maximum Gasteiger partial charge on any atom is 0.0473 e. The summed E-state index contributed by atoms with van der Waals surface area (Å²) in [4.78, 5) is 0. The highest BCUT2D eigenvalue weighted by molar-refractivity contribution is 6.35. The molecule has 0 aliphatic carbocycles. The number of hydrogen-bond donors (Lipinski definition) is 1. The predicted molar refractivity (Wildman–Crippen MR) is 57.9 cm³/mol. The van der Waals surface area contributed by atoms with Crippen molar-refractivity contribution in [3.05, 3.63) is 27.7 Å². The molecule has 1 N–H and O–H groups in total. The lowest BCUT2D eigenvalue weighted by Crippen LogP contribution is -2.22. The number of fused-ring (bicyclic) bond motifs is 1. The number of hydrogen-bond acceptors (Lipinski definition) is 1. The molecule has 1 atom stereocenters. The van der Waals surface area contributed by atoms with Crippen molar-refractivity contribution in [1.29, 1.82) is 0 Å². The number of benzene rings is 1. The fraction of sp³-hybridized carbons (Fsp3) is 0.400. The van der Waals surface area contributed by atoms with Crippen LogP contribution in [0.3, 0.4) is 0 Å². The van der Waals surface area contributed by atoms with Gasteiger partial charge in [0.25, 0.3) is 0 Å². The number of nitrogens with one attached hydrogen (secondary N) is 1. The summed E-state index contributed by atoms with van der Waals surface area (Å²) in [5.74, 6) is 0. The van der Waals surface area contributed by atoms with Gasteiger partial charge in [-0.2, -0.15) is 0 Å². The van der Waals surface area contributed by atoms with Gasteiger partial charge in [-0.3, -0.25) is 0 Å². The smallest absolute Gasteiger partial charge is 0.0473 e. The molecular weight excluding hydrogens is 205 g/mol. The van der Waals surface area contributed by atoms with Crippen LogP contribution in [-0.4, -0.2) is 6.04 Å². The monoisotopic (exact) mass is 215 g/mol. The molecule has 1 nitrogen and oxygen atoms in total. The first-order valence-electron chi connectivity index (χ1n) is 4.41. The maximum absolute atomic E-state index is 6.07. The molecule has 0 bridgehead atoms. The Hall–Kier alpha value is -0.400. The Bertz CT molecular complexity index is 336. The fourth-order valence-corrected chi connectivity index (χ4v) is 2.27. The van der Waals surface area contributed by atoms with Crippen molar-refractivity contribution in [1.82, 2.24) is 0 Å². The third-order valence-corrected chi connectivity index (χ3v) is 2.94. The van der Waals surface area contributed by atoms with Crippen LogP contribution in [0.15, 0.2) is 12.1 Å². The van der Waals surface area contributed by atoms with E-state index in [1.54, 1.807) is 6.07 Å². The van der Waals surface area contributed by atoms with E-state index in [9.17, 15) is 0 Å². The van der Waals surface area contributed by atoms with Crippen LogP contribution in [0.2, 0.25) is 10.0 Å². The minimum atomic E-state index is 0.516. The van der Waals surface area contributed by atoms with Gasteiger partial charge in [0, 0.05) is 21.8 Å². The maximum atomic E-state index is 6.07. The molecule has 0 aromatic heterocycles. The minimum absolute atomic E-state index is 0.516. The standard InChI is InChI=1S/C10H11Cl2N/c1-6-2-3-8-9(12)4-7(11)5-10(8)13-6/h4-6,13H,2-3H2,1H3/t6-/m0/s1. The molecular formula is C10H11Cl2N. The van der Waals surface area contributed by atoms with E-state index in [4.69, 9.17) is 23.2 Å². The Balaban J connectivity index is 2.47. The van der Waals surface area contributed by atoms with E-state index >= 15 is 0 Å². The summed E-state index contributed by atoms with van der Waals surface area (Å²) in [5, 5.41) is 4.85. The molecule has 0 amide bonds. The van der Waals surface area contributed by atoms with Crippen LogP contribution in [0.4, 0.5) is 5.69 Å². The van der Waals surface area contributed by atoms with Crippen molar-refractivity contribution in [2.45, 2.75) is 25.8 Å². The van der Waals surface area contributed by atoms with Gasteiger partial charge in [0.1, 0.15) is 0 Å². The second kappa shape index (κ2) is 3.39. The molecule has 1 aromatic rings. The number of anilines is 1. The van der Waals surface area contributed by atoms with Gasteiger partial charge in [-0.05, 0) is 37.5 Å². The average molecular weight is 216 g/mol. The van der Waals surface area contributed by atoms with Crippen molar-refractivity contribution in [3.63, 3.8) is 0 Å². The Morgan fingerprint density at radius 2 is 2.15 bits per heavy atom. The lowest BCUT2D eigenvalue weighted by atomic mass is 9.99. The van der Waals surface area contributed by atoms with Crippen molar-refractivity contribution in [3.8, 4) is 0 Å². The van der Waals surface area contributed by atoms with Crippen molar-refractivity contribution in [2.75, 3.05) is 5.32 Å². The molecule has 1 heterocycles. The van der Waals surface area contributed by atoms with E-state index in [2.05, 4.69) is 12.2 Å². The molecule has 1 aliphatic heterocycles. The summed E-state index contributed by atoms with van der Waals surface area (Å²) in [6.07, 6.45) is 2.17. The highest BCUT2D eigenvalue weighted by atomic mass is 35.5. The molecule has 1 aliphatic rings. The third-order valence-electron chi connectivity index (χ3n) is 2.39. The van der Waals surface area contributed by atoms with Gasteiger partial charge in [0.2, 0.25) is 0 Å². The predicted octanol–water partition coefficient (Wildman–Crippen LogP) is 3.74. The van der Waals surface area contributed by atoms with Crippen LogP contribution in [0.25, 0.3) is 0 Å². The number of halogens is 2. The van der Waals surface area contributed by atoms with E-state index in [1.165, 1.54) is 5.56 Å². The van der Waals surface area contributed by atoms with Gasteiger partial charge in [0.15, 0.2) is 0 Å².